The predicted molar refractivity (Wildman–Crippen MR) is 75.2 cm³/mol. The molecule has 1 unspecified atom stereocenters. The van der Waals surface area contributed by atoms with Gasteiger partial charge in [-0.1, -0.05) is 34.1 Å². The van der Waals surface area contributed by atoms with Crippen LogP contribution in [-0.4, -0.2) is 33.4 Å². The number of aliphatic hydroxyl groups is 1. The topological polar surface area (TPSA) is 67.2 Å². The molecule has 108 valence electrons. The van der Waals surface area contributed by atoms with E-state index in [0.29, 0.717) is 12.0 Å². The molecular formula is C14H25N3O2. The van der Waals surface area contributed by atoms with Crippen LogP contribution >= 0.6 is 0 Å². The molecule has 0 saturated carbocycles. The molecule has 1 aromatic heterocycles. The van der Waals surface area contributed by atoms with Crippen molar-refractivity contribution in [2.45, 2.75) is 52.1 Å². The van der Waals surface area contributed by atoms with Gasteiger partial charge in [-0.25, -0.2) is 0 Å². The lowest BCUT2D eigenvalue weighted by Gasteiger charge is -2.17. The quantitative estimate of drug-likeness (QED) is 0.851. The predicted octanol–water partition coefficient (Wildman–Crippen LogP) is 1.61. The molecule has 0 spiro atoms. The van der Waals surface area contributed by atoms with Crippen molar-refractivity contribution in [3.05, 3.63) is 17.5 Å². The van der Waals surface area contributed by atoms with Crippen molar-refractivity contribution < 1.29 is 9.90 Å². The number of aromatic nitrogens is 2. The minimum absolute atomic E-state index is 0.173. The summed E-state index contributed by atoms with van der Waals surface area (Å²) >= 11 is 0. The van der Waals surface area contributed by atoms with Crippen LogP contribution in [0.25, 0.3) is 0 Å². The van der Waals surface area contributed by atoms with E-state index in [1.165, 1.54) is 0 Å². The minimum Gasteiger partial charge on any atom is -0.391 e. The molecule has 1 rings (SSSR count). The van der Waals surface area contributed by atoms with Crippen LogP contribution in [0.15, 0.2) is 6.20 Å². The number of aliphatic hydroxyl groups excluding tert-OH is 1. The smallest absolute Gasteiger partial charge is 0.254 e. The second-order valence-electron chi connectivity index (χ2n) is 5.97. The van der Waals surface area contributed by atoms with Crippen LogP contribution in [0.5, 0.6) is 0 Å². The Morgan fingerprint density at radius 3 is 2.68 bits per heavy atom. The Kier molecular flexibility index (Phi) is 5.11. The lowest BCUT2D eigenvalue weighted by atomic mass is 9.89. The van der Waals surface area contributed by atoms with Gasteiger partial charge in [0.15, 0.2) is 0 Å². The number of carbonyl (C=O) groups is 1. The number of carbonyl (C=O) groups excluding carboxylic acids is 1. The number of rotatable bonds is 5. The van der Waals surface area contributed by atoms with E-state index >= 15 is 0 Å². The summed E-state index contributed by atoms with van der Waals surface area (Å²) in [5.41, 5.74) is 1.17. The lowest BCUT2D eigenvalue weighted by Crippen LogP contribution is -2.33. The van der Waals surface area contributed by atoms with Crippen LogP contribution < -0.4 is 5.32 Å². The molecule has 1 heterocycles. The van der Waals surface area contributed by atoms with Crippen molar-refractivity contribution in [1.82, 2.24) is 15.1 Å². The first kappa shape index (κ1) is 15.7. The van der Waals surface area contributed by atoms with Gasteiger partial charge in [-0.15, -0.1) is 0 Å². The molecule has 1 aromatic rings. The van der Waals surface area contributed by atoms with Crippen LogP contribution in [0.1, 0.15) is 56.6 Å². The molecule has 0 aliphatic carbocycles. The summed E-state index contributed by atoms with van der Waals surface area (Å²) in [4.78, 5) is 12.2. The number of nitrogens with one attached hydrogen (secondary N) is 1. The first-order valence-electron chi connectivity index (χ1n) is 6.76. The van der Waals surface area contributed by atoms with Crippen molar-refractivity contribution in [3.63, 3.8) is 0 Å². The van der Waals surface area contributed by atoms with Crippen molar-refractivity contribution in [2.24, 2.45) is 7.05 Å². The van der Waals surface area contributed by atoms with Gasteiger partial charge < -0.3 is 10.4 Å². The maximum absolute atomic E-state index is 12.2. The van der Waals surface area contributed by atoms with Crippen molar-refractivity contribution in [2.75, 3.05) is 6.54 Å². The highest BCUT2D eigenvalue weighted by Gasteiger charge is 2.25. The number of hydrogen-bond donors (Lipinski definition) is 2. The van der Waals surface area contributed by atoms with Gasteiger partial charge in [0.1, 0.15) is 0 Å². The third-order valence-electron chi connectivity index (χ3n) is 2.90. The standard InChI is InChI=1S/C14H25N3O2/c1-6-7-10(18)8-15-13(19)11-9-17(5)16-12(11)14(2,3)4/h9-10,18H,6-8H2,1-5H3,(H,15,19). The van der Waals surface area contributed by atoms with E-state index in [4.69, 9.17) is 0 Å². The van der Waals surface area contributed by atoms with Gasteiger partial charge in [0, 0.05) is 25.2 Å². The van der Waals surface area contributed by atoms with E-state index in [1.807, 2.05) is 27.7 Å². The maximum atomic E-state index is 12.2. The minimum atomic E-state index is -0.483. The average Bonchev–Trinajstić information content (AvgIpc) is 2.68. The first-order chi connectivity index (χ1) is 8.75. The largest absolute Gasteiger partial charge is 0.391 e. The Labute approximate surface area is 115 Å². The van der Waals surface area contributed by atoms with E-state index < -0.39 is 6.10 Å². The number of aryl methyl sites for hydroxylation is 1. The van der Waals surface area contributed by atoms with Gasteiger partial charge in [-0.2, -0.15) is 5.10 Å². The summed E-state index contributed by atoms with van der Waals surface area (Å²) in [5, 5.41) is 16.8. The molecule has 2 N–H and O–H groups in total. The van der Waals surface area contributed by atoms with Crippen LogP contribution in [0, 0.1) is 0 Å². The molecule has 0 aliphatic heterocycles. The molecule has 1 atom stereocenters. The third-order valence-corrected chi connectivity index (χ3v) is 2.90. The molecule has 0 saturated heterocycles. The summed E-state index contributed by atoms with van der Waals surface area (Å²) < 4.78 is 1.65. The third kappa shape index (κ3) is 4.35. The average molecular weight is 267 g/mol. The number of hydrogen-bond acceptors (Lipinski definition) is 3. The van der Waals surface area contributed by atoms with Crippen molar-refractivity contribution in [1.29, 1.82) is 0 Å². The molecule has 0 bridgehead atoms. The lowest BCUT2D eigenvalue weighted by molar-refractivity contribution is 0.0908. The van der Waals surface area contributed by atoms with E-state index in [1.54, 1.807) is 17.9 Å². The molecule has 5 heteroatoms. The maximum Gasteiger partial charge on any atom is 0.254 e. The fourth-order valence-electron chi connectivity index (χ4n) is 1.95. The van der Waals surface area contributed by atoms with Gasteiger partial charge in [0.05, 0.1) is 17.4 Å². The summed E-state index contributed by atoms with van der Waals surface area (Å²) in [7, 11) is 1.80. The molecule has 0 aliphatic rings. The summed E-state index contributed by atoms with van der Waals surface area (Å²) in [6.45, 7) is 8.36. The Bertz CT molecular complexity index is 432. The highest BCUT2D eigenvalue weighted by atomic mass is 16.3. The summed E-state index contributed by atoms with van der Waals surface area (Å²) in [5.74, 6) is -0.173. The van der Waals surface area contributed by atoms with Crippen LogP contribution in [-0.2, 0) is 12.5 Å². The van der Waals surface area contributed by atoms with Gasteiger partial charge in [0.25, 0.3) is 5.91 Å². The normalized spacial score (nSPS) is 13.4. The zero-order valence-electron chi connectivity index (χ0n) is 12.5. The number of amides is 1. The van der Waals surface area contributed by atoms with E-state index in [9.17, 15) is 9.90 Å². The molecule has 5 nitrogen and oxygen atoms in total. The summed E-state index contributed by atoms with van der Waals surface area (Å²) in [6.07, 6.45) is 2.84. The SMILES string of the molecule is CCCC(O)CNC(=O)c1cn(C)nc1C(C)(C)C. The molecule has 0 fully saturated rings. The van der Waals surface area contributed by atoms with Gasteiger partial charge >= 0.3 is 0 Å². The Hall–Kier alpha value is -1.36. The second-order valence-corrected chi connectivity index (χ2v) is 5.97. The molecule has 1 amide bonds. The molecule has 0 radical (unpaired) electrons. The van der Waals surface area contributed by atoms with Crippen LogP contribution in [0.2, 0.25) is 0 Å². The molecular weight excluding hydrogens is 242 g/mol. The van der Waals surface area contributed by atoms with Crippen molar-refractivity contribution in [3.8, 4) is 0 Å². The molecule has 0 aromatic carbocycles. The second kappa shape index (κ2) is 6.19. The van der Waals surface area contributed by atoms with Crippen LogP contribution in [0.4, 0.5) is 0 Å². The molecule has 19 heavy (non-hydrogen) atoms. The number of nitrogens with zero attached hydrogens (tertiary/aromatic N) is 2. The fourth-order valence-corrected chi connectivity index (χ4v) is 1.95. The highest BCUT2D eigenvalue weighted by Crippen LogP contribution is 2.23. The van der Waals surface area contributed by atoms with Gasteiger partial charge in [-0.3, -0.25) is 9.48 Å². The van der Waals surface area contributed by atoms with E-state index in [-0.39, 0.29) is 17.9 Å². The monoisotopic (exact) mass is 267 g/mol. The zero-order chi connectivity index (χ0) is 14.6. The first-order valence-corrected chi connectivity index (χ1v) is 6.76. The van der Waals surface area contributed by atoms with E-state index in [0.717, 1.165) is 12.1 Å². The van der Waals surface area contributed by atoms with E-state index in [2.05, 4.69) is 10.4 Å². The Balaban J connectivity index is 2.77. The Morgan fingerprint density at radius 2 is 2.16 bits per heavy atom. The summed E-state index contributed by atoms with van der Waals surface area (Å²) in [6, 6.07) is 0. The zero-order valence-corrected chi connectivity index (χ0v) is 12.5. The van der Waals surface area contributed by atoms with Gasteiger partial charge in [0.2, 0.25) is 0 Å². The highest BCUT2D eigenvalue weighted by molar-refractivity contribution is 5.95. The van der Waals surface area contributed by atoms with Gasteiger partial charge in [-0.05, 0) is 6.42 Å². The van der Waals surface area contributed by atoms with Crippen LogP contribution in [0.3, 0.4) is 0 Å². The van der Waals surface area contributed by atoms with Crippen molar-refractivity contribution >= 4 is 5.91 Å². The Morgan fingerprint density at radius 1 is 1.53 bits per heavy atom. The fraction of sp³-hybridized carbons (Fsp3) is 0.714.